The van der Waals surface area contributed by atoms with Gasteiger partial charge in [-0.2, -0.15) is 0 Å². The highest BCUT2D eigenvalue weighted by atomic mass is 32.2. The maximum absolute atomic E-state index is 12.0. The quantitative estimate of drug-likeness (QED) is 0.906. The maximum Gasteiger partial charge on any atom is 0.305 e. The zero-order valence-electron chi connectivity index (χ0n) is 11.3. The van der Waals surface area contributed by atoms with E-state index in [1.165, 1.54) is 17.3 Å². The zero-order valence-corrected chi connectivity index (χ0v) is 12.2. The Bertz CT molecular complexity index is 537. The van der Waals surface area contributed by atoms with Crippen LogP contribution in [0, 0.1) is 0 Å². The second-order valence-corrected chi connectivity index (χ2v) is 5.41. The molecule has 0 unspecified atom stereocenters. The molecule has 0 aliphatic carbocycles. The molecule has 0 saturated heterocycles. The Balaban J connectivity index is 2.23. The fraction of sp³-hybridized carbons (Fsp3) is 0.333. The Labute approximate surface area is 122 Å². The first-order chi connectivity index (χ1) is 9.61. The van der Waals surface area contributed by atoms with Gasteiger partial charge in [-0.15, -0.1) is 11.8 Å². The highest BCUT2D eigenvalue weighted by molar-refractivity contribution is 8.03. The predicted octanol–water partition coefficient (Wildman–Crippen LogP) is 2.60. The Morgan fingerprint density at radius 2 is 2.05 bits per heavy atom. The molecule has 1 N–H and O–H groups in total. The summed E-state index contributed by atoms with van der Waals surface area (Å²) in [5.74, 6) is -0.555. The normalized spacial score (nSPS) is 15.2. The van der Waals surface area contributed by atoms with Crippen LogP contribution < -0.4 is 0 Å². The molecule has 20 heavy (non-hydrogen) atoms. The second kappa shape index (κ2) is 6.61. The maximum atomic E-state index is 12.0. The molecule has 1 aliphatic heterocycles. The van der Waals surface area contributed by atoms with E-state index in [9.17, 15) is 9.59 Å². The van der Waals surface area contributed by atoms with E-state index < -0.39 is 5.97 Å². The van der Waals surface area contributed by atoms with E-state index in [-0.39, 0.29) is 18.9 Å². The Morgan fingerprint density at radius 1 is 1.35 bits per heavy atom. The van der Waals surface area contributed by atoms with Crippen molar-refractivity contribution in [2.75, 3.05) is 12.3 Å². The minimum atomic E-state index is -0.892. The van der Waals surface area contributed by atoms with Crippen molar-refractivity contribution in [3.8, 4) is 0 Å². The minimum Gasteiger partial charge on any atom is -0.481 e. The molecule has 0 radical (unpaired) electrons. The number of carbonyl (C=O) groups is 2. The molecule has 106 valence electrons. The van der Waals surface area contributed by atoms with E-state index >= 15 is 0 Å². The molecule has 1 aliphatic rings. The van der Waals surface area contributed by atoms with E-state index in [1.54, 1.807) is 4.90 Å². The number of nitrogens with zero attached hydrogens (tertiary/aromatic N) is 1. The summed E-state index contributed by atoms with van der Waals surface area (Å²) in [5, 5.41) is 10.7. The lowest BCUT2D eigenvalue weighted by atomic mass is 10.1. The number of hydrogen-bond donors (Lipinski definition) is 1. The number of carboxylic acids is 1. The molecule has 5 heteroatoms. The van der Waals surface area contributed by atoms with Crippen molar-refractivity contribution < 1.29 is 14.7 Å². The minimum absolute atomic E-state index is 0.0340. The fourth-order valence-corrected chi connectivity index (χ4v) is 2.86. The van der Waals surface area contributed by atoms with Crippen molar-refractivity contribution in [3.63, 3.8) is 0 Å². The number of aryl methyl sites for hydroxylation is 1. The van der Waals surface area contributed by atoms with Gasteiger partial charge in [0.25, 0.3) is 0 Å². The smallest absolute Gasteiger partial charge is 0.305 e. The summed E-state index contributed by atoms with van der Waals surface area (Å²) in [5.41, 5.74) is 2.99. The van der Waals surface area contributed by atoms with Gasteiger partial charge in [0.05, 0.1) is 17.9 Å². The van der Waals surface area contributed by atoms with Gasteiger partial charge in [-0.1, -0.05) is 31.2 Å². The Kier molecular flexibility index (Phi) is 4.84. The van der Waals surface area contributed by atoms with Crippen LogP contribution in [0.1, 0.15) is 24.5 Å². The Morgan fingerprint density at radius 3 is 2.65 bits per heavy atom. The van der Waals surface area contributed by atoms with Crippen LogP contribution in [0.3, 0.4) is 0 Å². The first-order valence-corrected chi connectivity index (χ1v) is 7.60. The van der Waals surface area contributed by atoms with E-state index in [0.717, 1.165) is 17.7 Å². The predicted molar refractivity (Wildman–Crippen MR) is 80.2 cm³/mol. The number of rotatable bonds is 5. The van der Waals surface area contributed by atoms with E-state index in [2.05, 4.69) is 6.92 Å². The summed E-state index contributed by atoms with van der Waals surface area (Å²) in [6, 6.07) is 8.04. The van der Waals surface area contributed by atoms with Gasteiger partial charge in [0.1, 0.15) is 0 Å². The van der Waals surface area contributed by atoms with Gasteiger partial charge in [-0.3, -0.25) is 9.59 Å². The molecule has 1 heterocycles. The van der Waals surface area contributed by atoms with Crippen LogP contribution in [0.15, 0.2) is 29.7 Å². The van der Waals surface area contributed by atoms with Gasteiger partial charge in [0.15, 0.2) is 0 Å². The number of amides is 1. The van der Waals surface area contributed by atoms with E-state index in [0.29, 0.717) is 5.75 Å². The summed E-state index contributed by atoms with van der Waals surface area (Å²) in [6.45, 7) is 2.31. The van der Waals surface area contributed by atoms with Crippen LogP contribution in [0.25, 0.3) is 5.70 Å². The molecular formula is C15H17NO3S. The number of thioether (sulfide) groups is 1. The first kappa shape index (κ1) is 14.7. The summed E-state index contributed by atoms with van der Waals surface area (Å²) < 4.78 is 0. The average Bonchev–Trinajstić information content (AvgIpc) is 2.45. The van der Waals surface area contributed by atoms with Gasteiger partial charge in [0.2, 0.25) is 5.91 Å². The van der Waals surface area contributed by atoms with Gasteiger partial charge in [-0.25, -0.2) is 0 Å². The van der Waals surface area contributed by atoms with Gasteiger partial charge >= 0.3 is 5.97 Å². The topological polar surface area (TPSA) is 57.6 Å². The number of aliphatic carboxylic acids is 1. The monoisotopic (exact) mass is 291 g/mol. The van der Waals surface area contributed by atoms with Crippen LogP contribution in [-0.2, 0) is 16.0 Å². The SMILES string of the molecule is CCc1ccc(C2=CSCC(=O)N2CCC(=O)O)cc1. The van der Waals surface area contributed by atoms with Crippen LogP contribution in [-0.4, -0.2) is 34.2 Å². The number of hydrogen-bond acceptors (Lipinski definition) is 3. The summed E-state index contributed by atoms with van der Waals surface area (Å²) in [6.07, 6.45) is 0.927. The number of benzene rings is 1. The molecule has 1 aromatic carbocycles. The third-order valence-corrected chi connectivity index (χ3v) is 4.00. The lowest BCUT2D eigenvalue weighted by Gasteiger charge is -2.28. The molecule has 0 atom stereocenters. The van der Waals surface area contributed by atoms with Gasteiger partial charge in [-0.05, 0) is 23.0 Å². The first-order valence-electron chi connectivity index (χ1n) is 6.55. The lowest BCUT2D eigenvalue weighted by molar-refractivity contribution is -0.137. The van der Waals surface area contributed by atoms with Crippen molar-refractivity contribution >= 4 is 29.3 Å². The summed E-state index contributed by atoms with van der Waals surface area (Å²) >= 11 is 1.45. The van der Waals surface area contributed by atoms with Crippen LogP contribution in [0.4, 0.5) is 0 Å². The van der Waals surface area contributed by atoms with Gasteiger partial charge in [0, 0.05) is 6.54 Å². The van der Waals surface area contributed by atoms with Crippen molar-refractivity contribution in [1.82, 2.24) is 4.90 Å². The largest absolute Gasteiger partial charge is 0.481 e. The van der Waals surface area contributed by atoms with E-state index in [1.807, 2.05) is 29.7 Å². The Hall–Kier alpha value is -1.75. The number of carboxylic acid groups (broad SMARTS) is 1. The van der Waals surface area contributed by atoms with Crippen LogP contribution in [0.5, 0.6) is 0 Å². The lowest BCUT2D eigenvalue weighted by Crippen LogP contribution is -2.34. The molecule has 0 aromatic heterocycles. The van der Waals surface area contributed by atoms with Gasteiger partial charge < -0.3 is 10.0 Å². The van der Waals surface area contributed by atoms with Crippen LogP contribution >= 0.6 is 11.8 Å². The zero-order chi connectivity index (χ0) is 14.5. The molecule has 0 spiro atoms. The third-order valence-electron chi connectivity index (χ3n) is 3.20. The molecule has 4 nitrogen and oxygen atoms in total. The summed E-state index contributed by atoms with van der Waals surface area (Å²) in [4.78, 5) is 24.3. The van der Waals surface area contributed by atoms with Crippen molar-refractivity contribution in [2.24, 2.45) is 0 Å². The van der Waals surface area contributed by atoms with E-state index in [4.69, 9.17) is 5.11 Å². The molecule has 1 aromatic rings. The molecular weight excluding hydrogens is 274 g/mol. The highest BCUT2D eigenvalue weighted by Gasteiger charge is 2.23. The van der Waals surface area contributed by atoms with Crippen molar-refractivity contribution in [1.29, 1.82) is 0 Å². The second-order valence-electron chi connectivity index (χ2n) is 4.55. The fourth-order valence-electron chi connectivity index (χ4n) is 2.06. The molecule has 2 rings (SSSR count). The molecule has 0 bridgehead atoms. The van der Waals surface area contributed by atoms with Crippen LogP contribution in [0.2, 0.25) is 0 Å². The van der Waals surface area contributed by atoms with Crippen molar-refractivity contribution in [2.45, 2.75) is 19.8 Å². The number of carbonyl (C=O) groups excluding carboxylic acids is 1. The summed E-state index contributed by atoms with van der Waals surface area (Å²) in [7, 11) is 0. The highest BCUT2D eigenvalue weighted by Crippen LogP contribution is 2.28. The van der Waals surface area contributed by atoms with Crippen molar-refractivity contribution in [3.05, 3.63) is 40.8 Å². The average molecular weight is 291 g/mol. The standard InChI is InChI=1S/C15H17NO3S/c1-2-11-3-5-12(6-4-11)13-9-20-10-14(17)16(13)8-7-15(18)19/h3-6,9H,2,7-8,10H2,1H3,(H,18,19). The third kappa shape index (κ3) is 3.42. The molecule has 0 fully saturated rings. The molecule has 0 saturated carbocycles. The molecule has 1 amide bonds.